The van der Waals surface area contributed by atoms with E-state index in [9.17, 15) is 18.8 Å². The molecule has 8 nitrogen and oxygen atoms in total. The molecule has 0 saturated heterocycles. The van der Waals surface area contributed by atoms with E-state index >= 15 is 0 Å². The Morgan fingerprint density at radius 1 is 1.18 bits per heavy atom. The van der Waals surface area contributed by atoms with Crippen molar-refractivity contribution < 1.29 is 18.8 Å². The Morgan fingerprint density at radius 2 is 1.91 bits per heavy atom. The lowest BCUT2D eigenvalue weighted by Gasteiger charge is -2.36. The number of amides is 3. The van der Waals surface area contributed by atoms with Crippen molar-refractivity contribution in [1.29, 1.82) is 0 Å². The van der Waals surface area contributed by atoms with Crippen LogP contribution in [0.1, 0.15) is 65.9 Å². The lowest BCUT2D eigenvalue weighted by atomic mass is 9.84. The predicted octanol–water partition coefficient (Wildman–Crippen LogP) is 3.74. The quantitative estimate of drug-likeness (QED) is 0.538. The highest BCUT2D eigenvalue weighted by atomic mass is 35.5. The smallest absolute Gasteiger partial charge is 0.273 e. The summed E-state index contributed by atoms with van der Waals surface area (Å²) in [6, 6.07) is 3.81. The second kappa shape index (κ2) is 9.91. The van der Waals surface area contributed by atoms with Gasteiger partial charge in [0.15, 0.2) is 5.69 Å². The van der Waals surface area contributed by atoms with Crippen molar-refractivity contribution in [1.82, 2.24) is 14.9 Å². The van der Waals surface area contributed by atoms with Gasteiger partial charge in [-0.1, -0.05) is 24.4 Å². The summed E-state index contributed by atoms with van der Waals surface area (Å²) in [6.45, 7) is 0.591. The third kappa shape index (κ3) is 5.52. The first-order valence-electron chi connectivity index (χ1n) is 11.2. The van der Waals surface area contributed by atoms with E-state index in [-0.39, 0.29) is 40.2 Å². The zero-order valence-corrected chi connectivity index (χ0v) is 18.9. The van der Waals surface area contributed by atoms with Crippen molar-refractivity contribution in [2.75, 3.05) is 11.9 Å². The van der Waals surface area contributed by atoms with E-state index in [1.165, 1.54) is 31.3 Å². The number of primary amides is 1. The Balaban J connectivity index is 1.41. The molecule has 2 saturated carbocycles. The second-order valence-corrected chi connectivity index (χ2v) is 9.25. The molecule has 0 unspecified atom stereocenters. The summed E-state index contributed by atoms with van der Waals surface area (Å²) < 4.78 is 13.2. The number of halogens is 2. The van der Waals surface area contributed by atoms with Crippen LogP contribution < -0.4 is 11.1 Å². The first kappa shape index (κ1) is 23.2. The lowest BCUT2D eigenvalue weighted by Crippen LogP contribution is -2.44. The van der Waals surface area contributed by atoms with Crippen LogP contribution in [0, 0.1) is 17.7 Å². The number of anilines is 1. The fourth-order valence-electron chi connectivity index (χ4n) is 4.44. The summed E-state index contributed by atoms with van der Waals surface area (Å²) in [5, 5.41) is 2.93. The second-order valence-electron chi connectivity index (χ2n) is 8.84. The van der Waals surface area contributed by atoms with Crippen molar-refractivity contribution in [2.45, 2.75) is 51.0 Å². The van der Waals surface area contributed by atoms with Gasteiger partial charge in [-0.25, -0.2) is 9.37 Å². The van der Waals surface area contributed by atoms with Crippen LogP contribution in [0.4, 0.5) is 10.1 Å². The maximum Gasteiger partial charge on any atom is 0.273 e. The minimum atomic E-state index is -0.749. The van der Waals surface area contributed by atoms with Crippen LogP contribution >= 0.6 is 11.6 Å². The van der Waals surface area contributed by atoms with Crippen LogP contribution in [0.3, 0.4) is 0 Å². The van der Waals surface area contributed by atoms with Crippen LogP contribution in [-0.2, 0) is 4.79 Å². The average molecular weight is 476 g/mol. The van der Waals surface area contributed by atoms with Gasteiger partial charge in [0.25, 0.3) is 11.8 Å². The van der Waals surface area contributed by atoms with Gasteiger partial charge in [-0.15, -0.1) is 0 Å². The average Bonchev–Trinajstić information content (AvgIpc) is 3.48. The molecule has 0 radical (unpaired) electrons. The highest BCUT2D eigenvalue weighted by molar-refractivity contribution is 6.33. The number of rotatable bonds is 8. The Morgan fingerprint density at radius 3 is 2.55 bits per heavy atom. The lowest BCUT2D eigenvalue weighted by molar-refractivity contribution is -0.121. The summed E-state index contributed by atoms with van der Waals surface area (Å²) in [5.41, 5.74) is 5.81. The number of H-pyrrole nitrogens is 1. The molecule has 1 heterocycles. The van der Waals surface area contributed by atoms with Crippen molar-refractivity contribution in [3.8, 4) is 0 Å². The highest BCUT2D eigenvalue weighted by Crippen LogP contribution is 2.35. The third-order valence-electron chi connectivity index (χ3n) is 6.52. The number of nitrogens with one attached hydrogen (secondary N) is 2. The highest BCUT2D eigenvalue weighted by Gasteiger charge is 2.35. The Bertz CT molecular complexity index is 1050. The van der Waals surface area contributed by atoms with Gasteiger partial charge in [0, 0.05) is 18.5 Å². The number of nitrogens with zero attached hydrogens (tertiary/aromatic N) is 2. The summed E-state index contributed by atoms with van der Waals surface area (Å²) >= 11 is 6.02. The van der Waals surface area contributed by atoms with Crippen LogP contribution in [0.25, 0.3) is 0 Å². The number of carbonyl (C=O) groups excluding carboxylic acids is 3. The van der Waals surface area contributed by atoms with Gasteiger partial charge >= 0.3 is 0 Å². The fraction of sp³-hybridized carbons (Fsp3) is 0.478. The van der Waals surface area contributed by atoms with E-state index in [1.807, 2.05) is 4.90 Å². The Kier molecular flexibility index (Phi) is 6.97. The van der Waals surface area contributed by atoms with E-state index in [4.69, 9.17) is 17.3 Å². The van der Waals surface area contributed by atoms with Crippen molar-refractivity contribution in [3.63, 3.8) is 0 Å². The van der Waals surface area contributed by atoms with Crippen LogP contribution in [-0.4, -0.2) is 45.2 Å². The van der Waals surface area contributed by atoms with Crippen molar-refractivity contribution >= 4 is 35.0 Å². The first-order valence-corrected chi connectivity index (χ1v) is 11.6. The molecule has 2 aliphatic carbocycles. The molecule has 2 aliphatic rings. The first-order chi connectivity index (χ1) is 15.8. The minimum absolute atomic E-state index is 0.0428. The molecular weight excluding hydrogens is 449 g/mol. The largest absolute Gasteiger partial charge is 0.364 e. The summed E-state index contributed by atoms with van der Waals surface area (Å²) in [7, 11) is 0. The molecule has 10 heteroatoms. The zero-order valence-electron chi connectivity index (χ0n) is 18.2. The van der Waals surface area contributed by atoms with Gasteiger partial charge in [0.05, 0.1) is 17.0 Å². The van der Waals surface area contributed by atoms with Gasteiger partial charge in [-0.3, -0.25) is 14.4 Å². The molecule has 2 aromatic rings. The molecule has 176 valence electrons. The number of carbonyl (C=O) groups is 3. The number of nitrogens with two attached hydrogens (primary N) is 1. The topological polar surface area (TPSA) is 121 Å². The molecule has 0 bridgehead atoms. The molecule has 3 amide bonds. The van der Waals surface area contributed by atoms with E-state index in [2.05, 4.69) is 15.3 Å². The predicted molar refractivity (Wildman–Crippen MR) is 121 cm³/mol. The van der Waals surface area contributed by atoms with Crippen LogP contribution in [0.2, 0.25) is 5.02 Å². The summed E-state index contributed by atoms with van der Waals surface area (Å²) in [4.78, 5) is 46.2. The number of hydrogen-bond acceptors (Lipinski definition) is 4. The third-order valence-corrected chi connectivity index (χ3v) is 6.83. The Hall–Kier alpha value is -2.94. The molecule has 0 atom stereocenters. The minimum Gasteiger partial charge on any atom is -0.364 e. The fourth-order valence-corrected chi connectivity index (χ4v) is 4.66. The number of benzene rings is 1. The molecule has 4 N–H and O–H groups in total. The molecule has 1 aromatic heterocycles. The van der Waals surface area contributed by atoms with Gasteiger partial charge in [-0.05, 0) is 56.2 Å². The molecule has 2 fully saturated rings. The molecule has 1 aromatic carbocycles. The summed E-state index contributed by atoms with van der Waals surface area (Å²) in [6.07, 6.45) is 7.10. The standard InChI is InChI=1S/C23H27ClFN5O3/c24-17-11-15(25)5-8-18(17)29-22(32)14-3-6-16(7-4-14)30(10-9-13-1-2-13)23(33)20-19(21(26)31)27-12-28-20/h5,8,11-14,16H,1-4,6-7,9-10H2,(H2,26,31)(H,27,28)(H,29,32). The van der Waals surface area contributed by atoms with Crippen LogP contribution in [0.15, 0.2) is 24.5 Å². The van der Waals surface area contributed by atoms with Gasteiger partial charge in [-0.2, -0.15) is 0 Å². The van der Waals surface area contributed by atoms with E-state index in [0.717, 1.165) is 12.5 Å². The van der Waals surface area contributed by atoms with E-state index in [0.29, 0.717) is 43.8 Å². The van der Waals surface area contributed by atoms with Gasteiger partial charge in [0.1, 0.15) is 11.5 Å². The monoisotopic (exact) mass is 475 g/mol. The number of aromatic nitrogens is 2. The van der Waals surface area contributed by atoms with Gasteiger partial charge in [0.2, 0.25) is 5.91 Å². The molecule has 0 spiro atoms. The summed E-state index contributed by atoms with van der Waals surface area (Å²) in [5.74, 6) is -1.25. The molecule has 0 aliphatic heterocycles. The van der Waals surface area contributed by atoms with Gasteiger partial charge < -0.3 is 20.9 Å². The molecule has 4 rings (SSSR count). The van der Waals surface area contributed by atoms with Crippen molar-refractivity contribution in [2.24, 2.45) is 17.6 Å². The Labute approximate surface area is 196 Å². The number of hydrogen-bond donors (Lipinski definition) is 3. The molecule has 33 heavy (non-hydrogen) atoms. The maximum atomic E-state index is 13.3. The van der Waals surface area contributed by atoms with E-state index < -0.39 is 11.7 Å². The molecular formula is C23H27ClFN5O3. The number of aromatic amines is 1. The SMILES string of the molecule is NC(=O)c1nc[nH]c1C(=O)N(CCC1CC1)C1CCC(C(=O)Nc2ccc(F)cc2Cl)CC1. The van der Waals surface area contributed by atoms with Crippen LogP contribution in [0.5, 0.6) is 0 Å². The van der Waals surface area contributed by atoms with E-state index in [1.54, 1.807) is 0 Å². The normalized spacial score (nSPS) is 20.3. The number of imidazole rings is 1. The van der Waals surface area contributed by atoms with Crippen molar-refractivity contribution in [3.05, 3.63) is 46.8 Å². The zero-order chi connectivity index (χ0) is 23.5. The maximum absolute atomic E-state index is 13.3.